The first kappa shape index (κ1) is 22.4. The van der Waals surface area contributed by atoms with Crippen molar-refractivity contribution in [2.24, 2.45) is 5.92 Å². The zero-order chi connectivity index (χ0) is 23.3. The van der Waals surface area contributed by atoms with Crippen molar-refractivity contribution in [3.63, 3.8) is 0 Å². The highest BCUT2D eigenvalue weighted by atomic mass is 35.5. The number of carbonyl (C=O) groups excluding carboxylic acids is 1. The topological polar surface area (TPSA) is 69.5 Å². The first-order chi connectivity index (χ1) is 15.7. The molecule has 1 saturated carbocycles. The van der Waals surface area contributed by atoms with Gasteiger partial charge in [-0.15, -0.1) is 0 Å². The largest absolute Gasteiger partial charge is 0.444 e. The van der Waals surface area contributed by atoms with Crippen molar-refractivity contribution in [3.8, 4) is 5.69 Å². The molecule has 3 heterocycles. The van der Waals surface area contributed by atoms with E-state index >= 15 is 0 Å². The van der Waals surface area contributed by atoms with E-state index in [0.29, 0.717) is 40.4 Å². The molecule has 0 unspecified atom stereocenters. The average Bonchev–Trinajstić information content (AvgIpc) is 3.55. The molecule has 5 rings (SSSR count). The van der Waals surface area contributed by atoms with Crippen LogP contribution in [0.1, 0.15) is 45.2 Å². The van der Waals surface area contributed by atoms with Gasteiger partial charge < -0.3 is 9.47 Å². The van der Waals surface area contributed by atoms with Crippen molar-refractivity contribution in [3.05, 3.63) is 52.5 Å². The van der Waals surface area contributed by atoms with Gasteiger partial charge in [0.1, 0.15) is 22.2 Å². The second kappa shape index (κ2) is 8.46. The summed E-state index contributed by atoms with van der Waals surface area (Å²) in [6.45, 7) is 6.63. The average molecular weight is 489 g/mol. The molecule has 7 nitrogen and oxygen atoms in total. The molecule has 0 N–H and O–H groups in total. The number of halogens is 2. The molecule has 1 saturated heterocycles. The molecule has 33 heavy (non-hydrogen) atoms. The van der Waals surface area contributed by atoms with Crippen molar-refractivity contribution >= 4 is 40.3 Å². The first-order valence-electron chi connectivity index (χ1n) is 11.1. The van der Waals surface area contributed by atoms with Crippen LogP contribution in [0.4, 0.5) is 4.79 Å². The van der Waals surface area contributed by atoms with Crippen LogP contribution in [0.3, 0.4) is 0 Å². The maximum atomic E-state index is 13.1. The molecule has 3 aromatic rings. The Labute approximate surface area is 202 Å². The lowest BCUT2D eigenvalue weighted by molar-refractivity contribution is -0.0779. The monoisotopic (exact) mass is 488 g/mol. The van der Waals surface area contributed by atoms with Crippen LogP contribution in [0.2, 0.25) is 10.3 Å². The molecule has 2 fully saturated rings. The maximum Gasteiger partial charge on any atom is 0.410 e. The third-order valence-corrected chi connectivity index (χ3v) is 6.62. The number of nitrogens with zero attached hydrogens (tertiary/aromatic N) is 4. The van der Waals surface area contributed by atoms with E-state index in [1.54, 1.807) is 6.07 Å². The fourth-order valence-electron chi connectivity index (χ4n) is 4.27. The molecule has 1 aliphatic heterocycles. The van der Waals surface area contributed by atoms with Crippen LogP contribution < -0.4 is 0 Å². The highest BCUT2D eigenvalue weighted by Gasteiger charge is 2.41. The summed E-state index contributed by atoms with van der Waals surface area (Å²) in [4.78, 5) is 23.2. The molecule has 1 aromatic carbocycles. The molecule has 2 aromatic heterocycles. The maximum absolute atomic E-state index is 13.1. The summed E-state index contributed by atoms with van der Waals surface area (Å²) >= 11 is 12.7. The molecule has 1 aliphatic carbocycles. The summed E-state index contributed by atoms with van der Waals surface area (Å²) < 4.78 is 13.7. The second-order valence-corrected chi connectivity index (χ2v) is 10.4. The number of morpholine rings is 1. The minimum Gasteiger partial charge on any atom is -0.444 e. The third-order valence-electron chi connectivity index (χ3n) is 6.04. The van der Waals surface area contributed by atoms with Gasteiger partial charge in [-0.05, 0) is 63.3 Å². The van der Waals surface area contributed by atoms with Crippen molar-refractivity contribution < 1.29 is 14.3 Å². The minimum atomic E-state index is -0.561. The Hall–Kier alpha value is -2.35. The summed E-state index contributed by atoms with van der Waals surface area (Å²) in [6, 6.07) is 9.42. The Morgan fingerprint density at radius 1 is 1.15 bits per heavy atom. The molecular formula is C24H26Cl2N4O3. The lowest BCUT2D eigenvalue weighted by Gasteiger charge is -2.40. The van der Waals surface area contributed by atoms with Gasteiger partial charge in [0.25, 0.3) is 0 Å². The highest BCUT2D eigenvalue weighted by Crippen LogP contribution is 2.39. The highest BCUT2D eigenvalue weighted by molar-refractivity contribution is 6.36. The van der Waals surface area contributed by atoms with Gasteiger partial charge in [0, 0.05) is 5.69 Å². The molecule has 2 aliphatic rings. The number of fused-ring (bicyclic) bond motifs is 1. The van der Waals surface area contributed by atoms with Gasteiger partial charge in [0.2, 0.25) is 0 Å². The number of hydrogen-bond donors (Lipinski definition) is 0. The Balaban J connectivity index is 1.44. The number of benzene rings is 1. The van der Waals surface area contributed by atoms with Crippen molar-refractivity contribution in [2.75, 3.05) is 13.2 Å². The van der Waals surface area contributed by atoms with Crippen LogP contribution in [0.5, 0.6) is 0 Å². The Morgan fingerprint density at radius 3 is 2.55 bits per heavy atom. The summed E-state index contributed by atoms with van der Waals surface area (Å²) in [5.74, 6) is 0.538. The van der Waals surface area contributed by atoms with Crippen LogP contribution in [-0.4, -0.2) is 50.4 Å². The van der Waals surface area contributed by atoms with E-state index in [4.69, 9.17) is 32.7 Å². The van der Waals surface area contributed by atoms with Crippen LogP contribution in [-0.2, 0) is 9.47 Å². The molecule has 0 radical (unpaired) electrons. The first-order valence-corrected chi connectivity index (χ1v) is 11.9. The predicted molar refractivity (Wildman–Crippen MR) is 127 cm³/mol. The lowest BCUT2D eigenvalue weighted by atomic mass is 10.0. The van der Waals surface area contributed by atoms with Crippen molar-refractivity contribution in [1.29, 1.82) is 0 Å². The fourth-order valence-corrected chi connectivity index (χ4v) is 4.74. The third kappa shape index (κ3) is 4.54. The van der Waals surface area contributed by atoms with E-state index in [9.17, 15) is 4.79 Å². The zero-order valence-electron chi connectivity index (χ0n) is 18.8. The van der Waals surface area contributed by atoms with E-state index in [1.807, 2.05) is 54.5 Å². The van der Waals surface area contributed by atoms with Gasteiger partial charge in [0.15, 0.2) is 5.65 Å². The minimum absolute atomic E-state index is 0.0718. The smallest absolute Gasteiger partial charge is 0.410 e. The fraction of sp³-hybridized carbons (Fsp3) is 0.458. The summed E-state index contributed by atoms with van der Waals surface area (Å²) in [5, 5.41) is 1.54. The van der Waals surface area contributed by atoms with Crippen LogP contribution >= 0.6 is 23.2 Å². The second-order valence-electron chi connectivity index (χ2n) is 9.65. The summed E-state index contributed by atoms with van der Waals surface area (Å²) in [7, 11) is 0. The quantitative estimate of drug-likeness (QED) is 0.434. The predicted octanol–water partition coefficient (Wildman–Crippen LogP) is 5.81. The number of carbonyl (C=O) groups is 1. The SMILES string of the molecule is CC(C)(C)OC(=O)N1C[C@@H](C2CC2)OC[C@@H]1c1ccc(-n2c(Cl)cc3c(Cl)ncnc32)cc1. The molecule has 0 spiro atoms. The number of rotatable bonds is 3. The summed E-state index contributed by atoms with van der Waals surface area (Å²) in [5.41, 5.74) is 1.88. The van der Waals surface area contributed by atoms with E-state index in [-0.39, 0.29) is 18.2 Å². The number of amides is 1. The molecule has 0 bridgehead atoms. The number of ether oxygens (including phenoxy) is 2. The van der Waals surface area contributed by atoms with Gasteiger partial charge >= 0.3 is 6.09 Å². The molecule has 9 heteroatoms. The standard InChI is InChI=1S/C24H26Cl2N4O3/c1-24(2,3)33-23(31)29-11-19(15-4-5-15)32-12-18(29)14-6-8-16(9-7-14)30-20(25)10-17-21(26)27-13-28-22(17)30/h6-10,13,15,18-19H,4-5,11-12H2,1-3H3/t18-,19+/m1/s1. The molecule has 1 amide bonds. The van der Waals surface area contributed by atoms with E-state index in [1.165, 1.54) is 6.33 Å². The van der Waals surface area contributed by atoms with Crippen LogP contribution in [0.15, 0.2) is 36.7 Å². The zero-order valence-corrected chi connectivity index (χ0v) is 20.3. The Kier molecular flexibility index (Phi) is 5.75. The molecular weight excluding hydrogens is 463 g/mol. The van der Waals surface area contributed by atoms with Crippen molar-refractivity contribution in [1.82, 2.24) is 19.4 Å². The van der Waals surface area contributed by atoms with Gasteiger partial charge in [-0.1, -0.05) is 35.3 Å². The Morgan fingerprint density at radius 2 is 1.88 bits per heavy atom. The number of aromatic nitrogens is 3. The normalized spacial score (nSPS) is 21.4. The van der Waals surface area contributed by atoms with Gasteiger partial charge in [-0.2, -0.15) is 0 Å². The molecule has 174 valence electrons. The van der Waals surface area contributed by atoms with Gasteiger partial charge in [-0.25, -0.2) is 14.8 Å². The van der Waals surface area contributed by atoms with Gasteiger partial charge in [-0.3, -0.25) is 9.47 Å². The van der Waals surface area contributed by atoms with Crippen molar-refractivity contribution in [2.45, 2.75) is 51.4 Å². The lowest BCUT2D eigenvalue weighted by Crippen LogP contribution is -2.49. The molecule has 2 atom stereocenters. The van der Waals surface area contributed by atoms with Crippen LogP contribution in [0, 0.1) is 5.92 Å². The van der Waals surface area contributed by atoms with E-state index < -0.39 is 5.60 Å². The van der Waals surface area contributed by atoms with E-state index in [2.05, 4.69) is 9.97 Å². The summed E-state index contributed by atoms with van der Waals surface area (Å²) in [6.07, 6.45) is 3.50. The van der Waals surface area contributed by atoms with Gasteiger partial charge in [0.05, 0.1) is 30.7 Å². The Bertz CT molecular complexity index is 1180. The number of hydrogen-bond acceptors (Lipinski definition) is 5. The van der Waals surface area contributed by atoms with E-state index in [0.717, 1.165) is 24.1 Å². The van der Waals surface area contributed by atoms with Crippen LogP contribution in [0.25, 0.3) is 16.7 Å².